The molecule has 0 saturated heterocycles. The number of hydrogen-bond acceptors (Lipinski definition) is 3. The molecule has 0 amide bonds. The molecule has 0 rings (SSSR count). The molecule has 48 valence electrons. The van der Waals surface area contributed by atoms with Gasteiger partial charge in [0.15, 0.2) is 6.29 Å². The van der Waals surface area contributed by atoms with Crippen LogP contribution >= 0.6 is 0 Å². The Labute approximate surface area is 47.9 Å². The van der Waals surface area contributed by atoms with Gasteiger partial charge in [0.2, 0.25) is 0 Å². The number of carbonyl (C=O) groups is 1. The molecule has 2 N–H and O–H groups in total. The number of carbonyl (C=O) groups excluding carboxylic acids is 1. The monoisotopic (exact) mass is 118 g/mol. The van der Waals surface area contributed by atoms with Crippen molar-refractivity contribution in [1.29, 1.82) is 0 Å². The van der Waals surface area contributed by atoms with Crippen LogP contribution in [0.5, 0.6) is 0 Å². The van der Waals surface area contributed by atoms with E-state index in [1.807, 2.05) is 0 Å². The summed E-state index contributed by atoms with van der Waals surface area (Å²) in [5.74, 6) is -0.255. The molecular formula is C5H10O3. The van der Waals surface area contributed by atoms with E-state index in [-0.39, 0.29) is 12.3 Å². The van der Waals surface area contributed by atoms with Gasteiger partial charge in [0.05, 0.1) is 0 Å². The van der Waals surface area contributed by atoms with E-state index in [1.54, 1.807) is 6.92 Å². The molecule has 0 aliphatic heterocycles. The minimum absolute atomic E-state index is 0.128. The predicted octanol–water partition coefficient (Wildman–Crippen LogP) is -0.478. The van der Waals surface area contributed by atoms with E-state index in [1.165, 1.54) is 0 Å². The van der Waals surface area contributed by atoms with Crippen molar-refractivity contribution in [3.8, 4) is 0 Å². The Hall–Kier alpha value is -0.410. The zero-order chi connectivity index (χ0) is 6.57. The number of rotatable bonds is 3. The largest absolute Gasteiger partial charge is 0.368 e. The van der Waals surface area contributed by atoms with Gasteiger partial charge in [-0.1, -0.05) is 6.92 Å². The van der Waals surface area contributed by atoms with Crippen LogP contribution < -0.4 is 0 Å². The molecule has 0 aromatic carbocycles. The lowest BCUT2D eigenvalue weighted by molar-refractivity contribution is -0.114. The summed E-state index contributed by atoms with van der Waals surface area (Å²) in [5, 5.41) is 16.5. The Balaban J connectivity index is 3.23. The maximum Gasteiger partial charge on any atom is 0.152 e. The molecule has 0 spiro atoms. The summed E-state index contributed by atoms with van der Waals surface area (Å²) in [6, 6.07) is 0. The molecule has 8 heavy (non-hydrogen) atoms. The lowest BCUT2D eigenvalue weighted by atomic mass is 10.1. The fraction of sp³-hybridized carbons (Fsp3) is 0.800. The van der Waals surface area contributed by atoms with Crippen molar-refractivity contribution < 1.29 is 15.0 Å². The first-order valence-corrected chi connectivity index (χ1v) is 2.48. The summed E-state index contributed by atoms with van der Waals surface area (Å²) in [6.45, 7) is 1.63. The van der Waals surface area contributed by atoms with Crippen LogP contribution in [-0.2, 0) is 4.79 Å². The van der Waals surface area contributed by atoms with Gasteiger partial charge in [0.1, 0.15) is 6.29 Å². The average Bonchev–Trinajstić information content (AvgIpc) is 1.65. The van der Waals surface area contributed by atoms with Gasteiger partial charge in [-0.15, -0.1) is 0 Å². The van der Waals surface area contributed by atoms with E-state index >= 15 is 0 Å². The van der Waals surface area contributed by atoms with Crippen molar-refractivity contribution in [2.24, 2.45) is 5.92 Å². The van der Waals surface area contributed by atoms with Gasteiger partial charge in [-0.25, -0.2) is 0 Å². The molecular weight excluding hydrogens is 108 g/mol. The summed E-state index contributed by atoms with van der Waals surface area (Å²) in [7, 11) is 0. The van der Waals surface area contributed by atoms with Crippen molar-refractivity contribution >= 4 is 6.29 Å². The molecule has 0 aromatic heterocycles. The quantitative estimate of drug-likeness (QED) is 0.389. The second kappa shape index (κ2) is 3.57. The van der Waals surface area contributed by atoms with Gasteiger partial charge < -0.3 is 15.0 Å². The Morgan fingerprint density at radius 2 is 2.12 bits per heavy atom. The van der Waals surface area contributed by atoms with E-state index in [4.69, 9.17) is 10.2 Å². The molecule has 0 aromatic rings. The summed E-state index contributed by atoms with van der Waals surface area (Å²) in [6.07, 6.45) is -0.529. The summed E-state index contributed by atoms with van der Waals surface area (Å²) in [4.78, 5) is 9.82. The van der Waals surface area contributed by atoms with Crippen molar-refractivity contribution in [3.05, 3.63) is 0 Å². The molecule has 0 saturated carbocycles. The highest BCUT2D eigenvalue weighted by molar-refractivity contribution is 5.52. The van der Waals surface area contributed by atoms with Crippen LogP contribution in [0.3, 0.4) is 0 Å². The van der Waals surface area contributed by atoms with E-state index in [0.29, 0.717) is 6.29 Å². The third kappa shape index (κ3) is 3.77. The maximum absolute atomic E-state index is 9.82. The second-order valence-corrected chi connectivity index (χ2v) is 1.83. The highest BCUT2D eigenvalue weighted by Crippen LogP contribution is 1.98. The summed E-state index contributed by atoms with van der Waals surface area (Å²) >= 11 is 0. The van der Waals surface area contributed by atoms with E-state index in [2.05, 4.69) is 0 Å². The standard InChI is InChI=1S/C5H10O3/c1-4(3-6)2-5(7)8/h3-5,7-8H,2H2,1H3. The van der Waals surface area contributed by atoms with Crippen molar-refractivity contribution in [2.75, 3.05) is 0 Å². The van der Waals surface area contributed by atoms with E-state index in [9.17, 15) is 4.79 Å². The predicted molar refractivity (Wildman–Crippen MR) is 28.1 cm³/mol. The van der Waals surface area contributed by atoms with E-state index in [0.717, 1.165) is 0 Å². The molecule has 3 heteroatoms. The number of aldehydes is 1. The minimum atomic E-state index is -1.35. The lowest BCUT2D eigenvalue weighted by Crippen LogP contribution is -2.10. The molecule has 3 nitrogen and oxygen atoms in total. The smallest absolute Gasteiger partial charge is 0.152 e. The van der Waals surface area contributed by atoms with Crippen molar-refractivity contribution in [1.82, 2.24) is 0 Å². The molecule has 0 aliphatic carbocycles. The van der Waals surface area contributed by atoms with Crippen molar-refractivity contribution in [2.45, 2.75) is 19.6 Å². The fourth-order valence-corrected chi connectivity index (χ4v) is 0.388. The molecule has 1 unspecified atom stereocenters. The Morgan fingerprint density at radius 3 is 2.25 bits per heavy atom. The Kier molecular flexibility index (Phi) is 3.39. The second-order valence-electron chi connectivity index (χ2n) is 1.83. The lowest BCUT2D eigenvalue weighted by Gasteiger charge is -2.02. The van der Waals surface area contributed by atoms with Crippen LogP contribution in [0.25, 0.3) is 0 Å². The molecule has 0 aliphatic rings. The number of aliphatic hydroxyl groups is 2. The van der Waals surface area contributed by atoms with Gasteiger partial charge >= 0.3 is 0 Å². The zero-order valence-corrected chi connectivity index (χ0v) is 4.74. The fourth-order valence-electron chi connectivity index (χ4n) is 0.388. The minimum Gasteiger partial charge on any atom is -0.368 e. The van der Waals surface area contributed by atoms with Crippen LogP contribution in [0.2, 0.25) is 0 Å². The molecule has 0 heterocycles. The van der Waals surface area contributed by atoms with Crippen LogP contribution in [0, 0.1) is 5.92 Å². The average molecular weight is 118 g/mol. The zero-order valence-electron chi connectivity index (χ0n) is 4.74. The number of aliphatic hydroxyl groups excluding tert-OH is 1. The maximum atomic E-state index is 9.82. The van der Waals surface area contributed by atoms with Crippen LogP contribution in [0.15, 0.2) is 0 Å². The van der Waals surface area contributed by atoms with Gasteiger partial charge in [-0.2, -0.15) is 0 Å². The normalized spacial score (nSPS) is 14.0. The highest BCUT2D eigenvalue weighted by Gasteiger charge is 2.03. The van der Waals surface area contributed by atoms with Gasteiger partial charge in [0, 0.05) is 12.3 Å². The van der Waals surface area contributed by atoms with E-state index < -0.39 is 6.29 Å². The first kappa shape index (κ1) is 7.59. The Bertz CT molecular complexity index is 70.1. The van der Waals surface area contributed by atoms with Crippen LogP contribution in [-0.4, -0.2) is 22.8 Å². The van der Waals surface area contributed by atoms with Crippen molar-refractivity contribution in [3.63, 3.8) is 0 Å². The SMILES string of the molecule is CC(C=O)CC(O)O. The van der Waals surface area contributed by atoms with Gasteiger partial charge in [-0.05, 0) is 0 Å². The first-order chi connectivity index (χ1) is 3.66. The molecule has 0 radical (unpaired) electrons. The van der Waals surface area contributed by atoms with Crippen LogP contribution in [0.4, 0.5) is 0 Å². The summed E-state index contributed by atoms with van der Waals surface area (Å²) in [5.41, 5.74) is 0. The van der Waals surface area contributed by atoms with Crippen LogP contribution in [0.1, 0.15) is 13.3 Å². The third-order valence-corrected chi connectivity index (χ3v) is 0.815. The Morgan fingerprint density at radius 1 is 1.62 bits per heavy atom. The third-order valence-electron chi connectivity index (χ3n) is 0.815. The van der Waals surface area contributed by atoms with Gasteiger partial charge in [-0.3, -0.25) is 0 Å². The summed E-state index contributed by atoms with van der Waals surface area (Å²) < 4.78 is 0. The van der Waals surface area contributed by atoms with Gasteiger partial charge in [0.25, 0.3) is 0 Å². The first-order valence-electron chi connectivity index (χ1n) is 2.48. The number of hydrogen-bond donors (Lipinski definition) is 2. The molecule has 0 bridgehead atoms. The highest BCUT2D eigenvalue weighted by atomic mass is 16.5. The molecule has 0 fully saturated rings. The topological polar surface area (TPSA) is 57.5 Å². The molecule has 1 atom stereocenters.